The van der Waals surface area contributed by atoms with Crippen molar-refractivity contribution in [2.75, 3.05) is 71.1 Å². The zero-order chi connectivity index (χ0) is 26.9. The molecule has 3 rings (SSSR count). The van der Waals surface area contributed by atoms with Crippen LogP contribution in [0.15, 0.2) is 49.3 Å². The average Bonchev–Trinajstić information content (AvgIpc) is 2.91. The van der Waals surface area contributed by atoms with Gasteiger partial charge in [0.25, 0.3) is 0 Å². The van der Waals surface area contributed by atoms with Crippen LogP contribution in [0, 0.1) is 0 Å². The molecular weight excluding hydrogens is 474 g/mol. The largest absolute Gasteiger partial charge is 0.497 e. The van der Waals surface area contributed by atoms with Gasteiger partial charge in [0.15, 0.2) is 5.82 Å². The summed E-state index contributed by atoms with van der Waals surface area (Å²) in [5, 5.41) is 6.07. The fraction of sp³-hybridized carbons (Fsp3) is 0.308. The molecule has 0 radical (unpaired) electrons. The fourth-order valence-electron chi connectivity index (χ4n) is 3.46. The first-order chi connectivity index (χ1) is 17.8. The minimum absolute atomic E-state index is 0.291. The smallest absolute Gasteiger partial charge is 0.247 e. The Morgan fingerprint density at radius 3 is 2.24 bits per heavy atom. The Kier molecular flexibility index (Phi) is 9.22. The maximum atomic E-state index is 12.2. The van der Waals surface area contributed by atoms with Crippen molar-refractivity contribution < 1.29 is 19.0 Å². The molecule has 2 aromatic carbocycles. The molecule has 0 aliphatic carbocycles. The summed E-state index contributed by atoms with van der Waals surface area (Å²) >= 11 is 0. The van der Waals surface area contributed by atoms with Crippen molar-refractivity contribution in [3.8, 4) is 28.6 Å². The number of rotatable bonds is 12. The summed E-state index contributed by atoms with van der Waals surface area (Å²) in [7, 11) is 10.7. The number of amides is 1. The number of anilines is 4. The number of ether oxygens (including phenoxy) is 3. The molecule has 1 heterocycles. The number of carbonyl (C=O) groups excluding carboxylic acids is 1. The van der Waals surface area contributed by atoms with Gasteiger partial charge < -0.3 is 34.6 Å². The van der Waals surface area contributed by atoms with Crippen LogP contribution in [0.2, 0.25) is 0 Å². The van der Waals surface area contributed by atoms with Crippen LogP contribution in [0.25, 0.3) is 11.4 Å². The SMILES string of the molecule is C=CC(=O)Nc1cc(Nc2ncnc(-c3cc(OC)cc(OC)c3)n2)c(OC)cc1N(C)CCN(C)C. The van der Waals surface area contributed by atoms with E-state index >= 15 is 0 Å². The summed E-state index contributed by atoms with van der Waals surface area (Å²) in [4.78, 5) is 29.4. The second-order valence-corrected chi connectivity index (χ2v) is 8.35. The molecule has 0 unspecified atom stereocenters. The summed E-state index contributed by atoms with van der Waals surface area (Å²) in [6.07, 6.45) is 2.63. The molecule has 0 saturated carbocycles. The minimum atomic E-state index is -0.326. The number of hydrogen-bond acceptors (Lipinski definition) is 10. The van der Waals surface area contributed by atoms with E-state index in [1.54, 1.807) is 33.5 Å². The van der Waals surface area contributed by atoms with Crippen LogP contribution in [-0.4, -0.2) is 81.3 Å². The first-order valence-corrected chi connectivity index (χ1v) is 11.5. The number of benzene rings is 2. The van der Waals surface area contributed by atoms with E-state index in [4.69, 9.17) is 14.2 Å². The molecule has 11 heteroatoms. The summed E-state index contributed by atoms with van der Waals surface area (Å²) in [6.45, 7) is 5.13. The first kappa shape index (κ1) is 27.2. The Bertz CT molecular complexity index is 1230. The second-order valence-electron chi connectivity index (χ2n) is 8.35. The molecule has 0 saturated heterocycles. The van der Waals surface area contributed by atoms with Crippen LogP contribution in [-0.2, 0) is 4.79 Å². The van der Waals surface area contributed by atoms with Crippen molar-refractivity contribution in [2.45, 2.75) is 0 Å². The first-order valence-electron chi connectivity index (χ1n) is 11.5. The van der Waals surface area contributed by atoms with Gasteiger partial charge in [0, 0.05) is 37.8 Å². The van der Waals surface area contributed by atoms with Crippen molar-refractivity contribution in [3.05, 3.63) is 49.3 Å². The van der Waals surface area contributed by atoms with Crippen LogP contribution in [0.4, 0.5) is 23.0 Å². The molecule has 1 amide bonds. The monoisotopic (exact) mass is 507 g/mol. The molecule has 37 heavy (non-hydrogen) atoms. The molecule has 0 atom stereocenters. The van der Waals surface area contributed by atoms with E-state index in [-0.39, 0.29) is 5.91 Å². The van der Waals surface area contributed by atoms with Gasteiger partial charge in [-0.2, -0.15) is 4.98 Å². The molecule has 0 spiro atoms. The molecule has 2 N–H and O–H groups in total. The lowest BCUT2D eigenvalue weighted by Gasteiger charge is -2.26. The van der Waals surface area contributed by atoms with E-state index in [2.05, 4.69) is 37.1 Å². The Morgan fingerprint density at radius 1 is 0.946 bits per heavy atom. The van der Waals surface area contributed by atoms with E-state index in [9.17, 15) is 4.79 Å². The molecule has 0 aliphatic heterocycles. The van der Waals surface area contributed by atoms with E-state index in [1.807, 2.05) is 44.2 Å². The Morgan fingerprint density at radius 2 is 1.65 bits per heavy atom. The number of nitrogens with one attached hydrogen (secondary N) is 2. The van der Waals surface area contributed by atoms with Gasteiger partial charge in [0.05, 0.1) is 38.4 Å². The number of nitrogens with zero attached hydrogens (tertiary/aromatic N) is 5. The lowest BCUT2D eigenvalue weighted by molar-refractivity contribution is -0.111. The molecule has 0 aliphatic rings. The second kappa shape index (κ2) is 12.5. The standard InChI is InChI=1S/C26H33N7O4/c1-8-24(34)29-20-14-21(23(37-7)15-22(20)33(4)10-9-32(2)3)30-26-28-16-27-25(31-26)17-11-18(35-5)13-19(12-17)36-6/h8,11-16H,1,9-10H2,2-7H3,(H,29,34)(H,27,28,30,31). The van der Waals surface area contributed by atoms with Crippen molar-refractivity contribution in [2.24, 2.45) is 0 Å². The highest BCUT2D eigenvalue weighted by Gasteiger charge is 2.17. The van der Waals surface area contributed by atoms with Crippen molar-refractivity contribution in [1.82, 2.24) is 19.9 Å². The van der Waals surface area contributed by atoms with Crippen LogP contribution < -0.4 is 29.7 Å². The van der Waals surface area contributed by atoms with Crippen LogP contribution in [0.1, 0.15) is 0 Å². The highest BCUT2D eigenvalue weighted by Crippen LogP contribution is 2.38. The summed E-state index contributed by atoms with van der Waals surface area (Å²) in [5.74, 6) is 2.17. The Labute approximate surface area is 217 Å². The molecule has 196 valence electrons. The fourth-order valence-corrected chi connectivity index (χ4v) is 3.46. The molecule has 0 bridgehead atoms. The molecule has 1 aromatic heterocycles. The van der Waals surface area contributed by atoms with Gasteiger partial charge in [-0.1, -0.05) is 6.58 Å². The third-order valence-corrected chi connectivity index (χ3v) is 5.48. The van der Waals surface area contributed by atoms with Crippen LogP contribution in [0.5, 0.6) is 17.2 Å². The number of likely N-dealkylation sites (N-methyl/N-ethyl adjacent to an activating group) is 2. The third-order valence-electron chi connectivity index (χ3n) is 5.48. The predicted molar refractivity (Wildman–Crippen MR) is 145 cm³/mol. The van der Waals surface area contributed by atoms with Crippen molar-refractivity contribution >= 4 is 28.9 Å². The third kappa shape index (κ3) is 7.07. The van der Waals surface area contributed by atoms with Gasteiger partial charge in [-0.05, 0) is 38.4 Å². The lowest BCUT2D eigenvalue weighted by Crippen LogP contribution is -2.29. The summed E-state index contributed by atoms with van der Waals surface area (Å²) in [5.41, 5.74) is 2.64. The summed E-state index contributed by atoms with van der Waals surface area (Å²) < 4.78 is 16.4. The van der Waals surface area contributed by atoms with Gasteiger partial charge in [-0.25, -0.2) is 9.97 Å². The van der Waals surface area contributed by atoms with E-state index < -0.39 is 0 Å². The predicted octanol–water partition coefficient (Wildman–Crippen LogP) is 3.43. The molecular formula is C26H33N7O4. The average molecular weight is 508 g/mol. The maximum Gasteiger partial charge on any atom is 0.247 e. The van der Waals surface area contributed by atoms with Gasteiger partial charge in [-0.15, -0.1) is 0 Å². The number of aromatic nitrogens is 3. The summed E-state index contributed by atoms with van der Waals surface area (Å²) in [6, 6.07) is 9.02. The highest BCUT2D eigenvalue weighted by molar-refractivity contribution is 6.02. The molecule has 0 fully saturated rings. The Hall–Kier alpha value is -4.38. The number of methoxy groups -OCH3 is 3. The lowest BCUT2D eigenvalue weighted by atomic mass is 10.2. The minimum Gasteiger partial charge on any atom is -0.497 e. The molecule has 3 aromatic rings. The van der Waals surface area contributed by atoms with Crippen molar-refractivity contribution in [1.29, 1.82) is 0 Å². The van der Waals surface area contributed by atoms with Crippen LogP contribution >= 0.6 is 0 Å². The zero-order valence-electron chi connectivity index (χ0n) is 22.0. The zero-order valence-corrected chi connectivity index (χ0v) is 22.0. The topological polar surface area (TPSA) is 114 Å². The van der Waals surface area contributed by atoms with Gasteiger partial charge in [0.1, 0.15) is 23.6 Å². The normalized spacial score (nSPS) is 10.6. The highest BCUT2D eigenvalue weighted by atomic mass is 16.5. The van der Waals surface area contributed by atoms with Gasteiger partial charge >= 0.3 is 0 Å². The van der Waals surface area contributed by atoms with Crippen molar-refractivity contribution in [3.63, 3.8) is 0 Å². The molecule has 11 nitrogen and oxygen atoms in total. The van der Waals surface area contributed by atoms with Crippen LogP contribution in [0.3, 0.4) is 0 Å². The van der Waals surface area contributed by atoms with E-state index in [0.29, 0.717) is 46.0 Å². The van der Waals surface area contributed by atoms with E-state index in [0.717, 1.165) is 18.8 Å². The number of hydrogen-bond donors (Lipinski definition) is 2. The Balaban J connectivity index is 1.99. The maximum absolute atomic E-state index is 12.2. The quantitative estimate of drug-likeness (QED) is 0.353. The van der Waals surface area contributed by atoms with Gasteiger partial charge in [-0.3, -0.25) is 4.79 Å². The van der Waals surface area contributed by atoms with Gasteiger partial charge in [0.2, 0.25) is 11.9 Å². The number of carbonyl (C=O) groups is 1. The van der Waals surface area contributed by atoms with E-state index in [1.165, 1.54) is 12.4 Å².